The van der Waals surface area contributed by atoms with Gasteiger partial charge in [0.1, 0.15) is 11.7 Å². The van der Waals surface area contributed by atoms with Gasteiger partial charge in [0.2, 0.25) is 0 Å². The highest BCUT2D eigenvalue weighted by atomic mass is 35.5. The van der Waals surface area contributed by atoms with Crippen molar-refractivity contribution in [2.45, 2.75) is 6.67 Å². The fourth-order valence-electron chi connectivity index (χ4n) is 0.849. The summed E-state index contributed by atoms with van der Waals surface area (Å²) >= 11 is 11.1. The molecule has 0 aliphatic rings. The Hall–Kier alpha value is -0.870. The van der Waals surface area contributed by atoms with Crippen molar-refractivity contribution in [3.05, 3.63) is 37.9 Å². The summed E-state index contributed by atoms with van der Waals surface area (Å²) in [4.78, 5) is 9.67. The van der Waals surface area contributed by atoms with Crippen LogP contribution in [0.5, 0.6) is 0 Å². The van der Waals surface area contributed by atoms with Crippen molar-refractivity contribution < 1.29 is 9.31 Å². The number of nitro groups is 1. The zero-order chi connectivity index (χ0) is 10.0. The summed E-state index contributed by atoms with van der Waals surface area (Å²) in [6.45, 7) is -0.917. The number of halogens is 3. The minimum absolute atomic E-state index is 0.0440. The van der Waals surface area contributed by atoms with Gasteiger partial charge < -0.3 is 0 Å². The fraction of sp³-hybridized carbons (Fsp3) is 0.143. The summed E-state index contributed by atoms with van der Waals surface area (Å²) in [6.07, 6.45) is 0. The second-order valence-corrected chi connectivity index (χ2v) is 3.03. The Labute approximate surface area is 83.2 Å². The van der Waals surface area contributed by atoms with E-state index in [4.69, 9.17) is 23.2 Å². The lowest BCUT2D eigenvalue weighted by atomic mass is 10.2. The summed E-state index contributed by atoms with van der Waals surface area (Å²) in [5.74, 6) is 0. The molecule has 0 aliphatic carbocycles. The molecule has 6 heteroatoms. The summed E-state index contributed by atoms with van der Waals surface area (Å²) in [7, 11) is 0. The van der Waals surface area contributed by atoms with E-state index in [-0.39, 0.29) is 21.3 Å². The quantitative estimate of drug-likeness (QED) is 0.570. The maximum absolute atomic E-state index is 12.3. The predicted molar refractivity (Wildman–Crippen MR) is 47.9 cm³/mol. The number of nitro benzene ring substituents is 1. The third-order valence-electron chi connectivity index (χ3n) is 1.50. The monoisotopic (exact) mass is 223 g/mol. The maximum Gasteiger partial charge on any atom is 0.288 e. The molecule has 0 aromatic heterocycles. The first kappa shape index (κ1) is 10.2. The smallest absolute Gasteiger partial charge is 0.258 e. The zero-order valence-electron chi connectivity index (χ0n) is 6.26. The normalized spacial score (nSPS) is 10.1. The lowest BCUT2D eigenvalue weighted by molar-refractivity contribution is -0.384. The summed E-state index contributed by atoms with van der Waals surface area (Å²) < 4.78 is 12.3. The van der Waals surface area contributed by atoms with Crippen molar-refractivity contribution in [1.29, 1.82) is 0 Å². The van der Waals surface area contributed by atoms with E-state index in [1.54, 1.807) is 0 Å². The van der Waals surface area contributed by atoms with Gasteiger partial charge >= 0.3 is 0 Å². The minimum Gasteiger partial charge on any atom is -0.258 e. The van der Waals surface area contributed by atoms with Crippen molar-refractivity contribution >= 4 is 28.9 Å². The van der Waals surface area contributed by atoms with Crippen molar-refractivity contribution in [3.63, 3.8) is 0 Å². The largest absolute Gasteiger partial charge is 0.288 e. The maximum atomic E-state index is 12.3. The first-order chi connectivity index (χ1) is 6.07. The van der Waals surface area contributed by atoms with E-state index in [0.29, 0.717) is 0 Å². The highest BCUT2D eigenvalue weighted by Gasteiger charge is 2.17. The van der Waals surface area contributed by atoms with Gasteiger partial charge in [0.05, 0.1) is 4.92 Å². The van der Waals surface area contributed by atoms with Crippen molar-refractivity contribution in [3.8, 4) is 0 Å². The number of hydrogen-bond acceptors (Lipinski definition) is 2. The Bertz CT molecular complexity index is 357. The Kier molecular flexibility index (Phi) is 3.06. The molecule has 1 rings (SSSR count). The van der Waals surface area contributed by atoms with Gasteiger partial charge in [0.15, 0.2) is 0 Å². The summed E-state index contributed by atoms with van der Waals surface area (Å²) in [5, 5.41) is 10.2. The van der Waals surface area contributed by atoms with Gasteiger partial charge in [-0.3, -0.25) is 10.1 Å². The van der Waals surface area contributed by atoms with Crippen LogP contribution in [0.2, 0.25) is 10.0 Å². The highest BCUT2D eigenvalue weighted by Crippen LogP contribution is 2.33. The van der Waals surface area contributed by atoms with E-state index in [1.807, 2.05) is 0 Å². The summed E-state index contributed by atoms with van der Waals surface area (Å²) in [6, 6.07) is 2.39. The van der Waals surface area contributed by atoms with Gasteiger partial charge in [-0.2, -0.15) is 0 Å². The van der Waals surface area contributed by atoms with E-state index >= 15 is 0 Å². The zero-order valence-corrected chi connectivity index (χ0v) is 7.77. The number of rotatable bonds is 2. The second-order valence-electron chi connectivity index (χ2n) is 2.25. The van der Waals surface area contributed by atoms with Crippen LogP contribution >= 0.6 is 23.2 Å². The van der Waals surface area contributed by atoms with Crippen LogP contribution in [0.1, 0.15) is 5.56 Å². The molecule has 0 heterocycles. The molecule has 0 N–H and O–H groups in total. The van der Waals surface area contributed by atoms with E-state index in [2.05, 4.69) is 0 Å². The molecule has 0 bridgehead atoms. The topological polar surface area (TPSA) is 43.1 Å². The lowest BCUT2D eigenvalue weighted by Gasteiger charge is -2.02. The highest BCUT2D eigenvalue weighted by molar-refractivity contribution is 6.37. The van der Waals surface area contributed by atoms with Crippen LogP contribution < -0.4 is 0 Å². The van der Waals surface area contributed by atoms with Gasteiger partial charge in [0, 0.05) is 16.7 Å². The van der Waals surface area contributed by atoms with Crippen LogP contribution in [-0.2, 0) is 6.67 Å². The van der Waals surface area contributed by atoms with Crippen LogP contribution in [0.15, 0.2) is 12.1 Å². The van der Waals surface area contributed by atoms with E-state index in [0.717, 1.165) is 6.07 Å². The number of nitrogens with zero attached hydrogens (tertiary/aromatic N) is 1. The van der Waals surface area contributed by atoms with Crippen molar-refractivity contribution in [1.82, 2.24) is 0 Å². The van der Waals surface area contributed by atoms with Gasteiger partial charge in [-0.25, -0.2) is 4.39 Å². The van der Waals surface area contributed by atoms with E-state index in [1.165, 1.54) is 6.07 Å². The molecule has 0 fully saturated rings. The Morgan fingerprint density at radius 1 is 1.46 bits per heavy atom. The van der Waals surface area contributed by atoms with E-state index in [9.17, 15) is 14.5 Å². The van der Waals surface area contributed by atoms with Crippen LogP contribution in [0.25, 0.3) is 0 Å². The molecule has 0 radical (unpaired) electrons. The molecule has 70 valence electrons. The lowest BCUT2D eigenvalue weighted by Crippen LogP contribution is -1.92. The Balaban J connectivity index is 3.35. The third kappa shape index (κ3) is 1.89. The van der Waals surface area contributed by atoms with Crippen molar-refractivity contribution in [2.75, 3.05) is 0 Å². The standard InChI is InChI=1S/C7H4Cl2FNO2/c8-5-1-2-6(11(12)13)7(9)4(5)3-10/h1-2H,3H2. The Morgan fingerprint density at radius 2 is 2.08 bits per heavy atom. The molecule has 0 aliphatic heterocycles. The van der Waals surface area contributed by atoms with Gasteiger partial charge in [-0.1, -0.05) is 23.2 Å². The molecule has 3 nitrogen and oxygen atoms in total. The minimum atomic E-state index is -0.917. The number of hydrogen-bond donors (Lipinski definition) is 0. The molecule has 0 saturated heterocycles. The molecule has 1 aromatic rings. The molecule has 1 aromatic carbocycles. The molecule has 0 atom stereocenters. The Morgan fingerprint density at radius 3 is 2.54 bits per heavy atom. The first-order valence-corrected chi connectivity index (χ1v) is 4.00. The van der Waals surface area contributed by atoms with E-state index < -0.39 is 11.6 Å². The number of alkyl halides is 1. The van der Waals surface area contributed by atoms with Crippen LogP contribution in [0, 0.1) is 10.1 Å². The molecule has 13 heavy (non-hydrogen) atoms. The fourth-order valence-corrected chi connectivity index (χ4v) is 1.39. The van der Waals surface area contributed by atoms with Crippen LogP contribution in [0.4, 0.5) is 10.1 Å². The average Bonchev–Trinajstić information content (AvgIpc) is 2.04. The third-order valence-corrected chi connectivity index (χ3v) is 2.27. The van der Waals surface area contributed by atoms with Crippen LogP contribution in [0.3, 0.4) is 0 Å². The van der Waals surface area contributed by atoms with Crippen LogP contribution in [-0.4, -0.2) is 4.92 Å². The average molecular weight is 224 g/mol. The molecule has 0 spiro atoms. The number of benzene rings is 1. The van der Waals surface area contributed by atoms with Gasteiger partial charge in [-0.15, -0.1) is 0 Å². The summed E-state index contributed by atoms with van der Waals surface area (Å²) in [5.41, 5.74) is -0.378. The SMILES string of the molecule is O=[N+]([O-])c1ccc(Cl)c(CF)c1Cl. The predicted octanol–water partition coefficient (Wildman–Crippen LogP) is 3.37. The second kappa shape index (κ2) is 3.89. The van der Waals surface area contributed by atoms with Crippen molar-refractivity contribution in [2.24, 2.45) is 0 Å². The first-order valence-electron chi connectivity index (χ1n) is 3.25. The molecule has 0 unspecified atom stereocenters. The molecular formula is C7H4Cl2FNO2. The molecule has 0 amide bonds. The molecular weight excluding hydrogens is 220 g/mol. The van der Waals surface area contributed by atoms with Gasteiger partial charge in [0.25, 0.3) is 5.69 Å². The molecule has 0 saturated carbocycles. The van der Waals surface area contributed by atoms with Gasteiger partial charge in [-0.05, 0) is 6.07 Å².